The molecule has 1 unspecified atom stereocenters. The Morgan fingerprint density at radius 1 is 1.37 bits per heavy atom. The molecule has 2 aromatic rings. The highest BCUT2D eigenvalue weighted by molar-refractivity contribution is 5.28. The number of hydrogen-bond donors (Lipinski definition) is 1. The monoisotopic (exact) mass is 259 g/mol. The molecule has 0 amide bonds. The van der Waals surface area contributed by atoms with Crippen molar-refractivity contribution in [2.45, 2.75) is 38.8 Å². The zero-order valence-electron chi connectivity index (χ0n) is 11.1. The molecule has 1 aliphatic carbocycles. The molecule has 3 heteroatoms. The third-order valence-electron chi connectivity index (χ3n) is 3.90. The van der Waals surface area contributed by atoms with Crippen molar-refractivity contribution >= 4 is 0 Å². The van der Waals surface area contributed by atoms with Gasteiger partial charge in [-0.25, -0.2) is 4.39 Å². The van der Waals surface area contributed by atoms with Gasteiger partial charge in [0.05, 0.1) is 6.26 Å². The fourth-order valence-electron chi connectivity index (χ4n) is 2.76. The third kappa shape index (κ3) is 2.56. The minimum absolute atomic E-state index is 0.171. The Kier molecular flexibility index (Phi) is 3.38. The average Bonchev–Trinajstić information content (AvgIpc) is 2.88. The van der Waals surface area contributed by atoms with Crippen LogP contribution in [-0.4, -0.2) is 0 Å². The third-order valence-corrected chi connectivity index (χ3v) is 3.90. The summed E-state index contributed by atoms with van der Waals surface area (Å²) in [7, 11) is 0. The SMILES string of the molecule is Cc1ccc(F)cc1CNC1CCCc2occc21. The largest absolute Gasteiger partial charge is 0.469 e. The number of hydrogen-bond acceptors (Lipinski definition) is 2. The number of benzene rings is 1. The highest BCUT2D eigenvalue weighted by atomic mass is 19.1. The summed E-state index contributed by atoms with van der Waals surface area (Å²) in [4.78, 5) is 0. The molecule has 19 heavy (non-hydrogen) atoms. The standard InChI is InChI=1S/C16H18FNO/c1-11-5-6-13(17)9-12(11)10-18-15-3-2-4-16-14(15)7-8-19-16/h5-9,15,18H,2-4,10H2,1H3. The van der Waals surface area contributed by atoms with E-state index in [1.54, 1.807) is 12.3 Å². The molecule has 1 aliphatic rings. The first-order valence-electron chi connectivity index (χ1n) is 6.79. The van der Waals surface area contributed by atoms with Crippen LogP contribution >= 0.6 is 0 Å². The minimum Gasteiger partial charge on any atom is -0.469 e. The van der Waals surface area contributed by atoms with Gasteiger partial charge >= 0.3 is 0 Å². The van der Waals surface area contributed by atoms with Gasteiger partial charge in [0.15, 0.2) is 0 Å². The molecule has 1 atom stereocenters. The summed E-state index contributed by atoms with van der Waals surface area (Å²) < 4.78 is 18.7. The molecule has 1 aromatic heterocycles. The Balaban J connectivity index is 1.72. The summed E-state index contributed by atoms with van der Waals surface area (Å²) in [5, 5.41) is 3.52. The maximum absolute atomic E-state index is 13.3. The summed E-state index contributed by atoms with van der Waals surface area (Å²) in [5.74, 6) is 0.926. The molecule has 1 N–H and O–H groups in total. The molecule has 0 aliphatic heterocycles. The van der Waals surface area contributed by atoms with Crippen molar-refractivity contribution in [2.24, 2.45) is 0 Å². The summed E-state index contributed by atoms with van der Waals surface area (Å²) in [6.45, 7) is 2.71. The van der Waals surface area contributed by atoms with Crippen LogP contribution in [0.4, 0.5) is 4.39 Å². The average molecular weight is 259 g/mol. The van der Waals surface area contributed by atoms with Crippen LogP contribution in [0.5, 0.6) is 0 Å². The van der Waals surface area contributed by atoms with Gasteiger partial charge in [0.25, 0.3) is 0 Å². The zero-order chi connectivity index (χ0) is 13.2. The van der Waals surface area contributed by atoms with Gasteiger partial charge in [-0.3, -0.25) is 0 Å². The number of rotatable bonds is 3. The molecule has 1 aromatic carbocycles. The highest BCUT2D eigenvalue weighted by Gasteiger charge is 2.22. The second kappa shape index (κ2) is 5.17. The zero-order valence-corrected chi connectivity index (χ0v) is 11.1. The van der Waals surface area contributed by atoms with E-state index in [1.807, 2.05) is 19.1 Å². The van der Waals surface area contributed by atoms with Crippen LogP contribution in [0.3, 0.4) is 0 Å². The van der Waals surface area contributed by atoms with Crippen molar-refractivity contribution in [2.75, 3.05) is 0 Å². The van der Waals surface area contributed by atoms with Crippen LogP contribution in [-0.2, 0) is 13.0 Å². The molecule has 0 saturated carbocycles. The van der Waals surface area contributed by atoms with E-state index in [4.69, 9.17) is 4.42 Å². The molecule has 0 saturated heterocycles. The second-order valence-electron chi connectivity index (χ2n) is 5.20. The van der Waals surface area contributed by atoms with Crippen molar-refractivity contribution in [3.63, 3.8) is 0 Å². The molecule has 0 spiro atoms. The van der Waals surface area contributed by atoms with Gasteiger partial charge in [-0.2, -0.15) is 0 Å². The Labute approximate surface area is 112 Å². The minimum atomic E-state index is -0.171. The molecule has 2 nitrogen and oxygen atoms in total. The van der Waals surface area contributed by atoms with Crippen LogP contribution < -0.4 is 5.32 Å². The quantitative estimate of drug-likeness (QED) is 0.904. The number of halogens is 1. The maximum atomic E-state index is 13.3. The van der Waals surface area contributed by atoms with E-state index in [1.165, 1.54) is 11.6 Å². The lowest BCUT2D eigenvalue weighted by molar-refractivity contribution is 0.410. The van der Waals surface area contributed by atoms with E-state index in [9.17, 15) is 4.39 Å². The van der Waals surface area contributed by atoms with Gasteiger partial charge in [0.1, 0.15) is 11.6 Å². The highest BCUT2D eigenvalue weighted by Crippen LogP contribution is 2.30. The number of furan rings is 1. The van der Waals surface area contributed by atoms with Crippen molar-refractivity contribution in [3.05, 3.63) is 58.8 Å². The number of nitrogens with one attached hydrogen (secondary N) is 1. The Morgan fingerprint density at radius 2 is 2.26 bits per heavy atom. The second-order valence-corrected chi connectivity index (χ2v) is 5.20. The van der Waals surface area contributed by atoms with Gasteiger partial charge < -0.3 is 9.73 Å². The molecule has 1 heterocycles. The van der Waals surface area contributed by atoms with Crippen molar-refractivity contribution < 1.29 is 8.81 Å². The molecule has 0 fully saturated rings. The fourth-order valence-corrected chi connectivity index (χ4v) is 2.76. The fraction of sp³-hybridized carbons (Fsp3) is 0.375. The van der Waals surface area contributed by atoms with Crippen LogP contribution in [0.2, 0.25) is 0 Å². The van der Waals surface area contributed by atoms with Gasteiger partial charge in [0, 0.05) is 24.6 Å². The van der Waals surface area contributed by atoms with E-state index >= 15 is 0 Å². The van der Waals surface area contributed by atoms with Gasteiger partial charge in [-0.15, -0.1) is 0 Å². The lowest BCUT2D eigenvalue weighted by Gasteiger charge is -2.23. The van der Waals surface area contributed by atoms with Crippen LogP contribution in [0.1, 0.15) is 41.3 Å². The Bertz CT molecular complexity index is 576. The predicted octanol–water partition coefficient (Wildman–Crippen LogP) is 3.89. The van der Waals surface area contributed by atoms with Crippen LogP contribution in [0.25, 0.3) is 0 Å². The lowest BCUT2D eigenvalue weighted by atomic mass is 9.93. The van der Waals surface area contributed by atoms with E-state index < -0.39 is 0 Å². The number of fused-ring (bicyclic) bond motifs is 1. The van der Waals surface area contributed by atoms with E-state index in [2.05, 4.69) is 5.32 Å². The molecular weight excluding hydrogens is 241 g/mol. The maximum Gasteiger partial charge on any atom is 0.123 e. The van der Waals surface area contributed by atoms with E-state index in [0.29, 0.717) is 12.6 Å². The first kappa shape index (κ1) is 12.4. The first-order chi connectivity index (χ1) is 9.24. The predicted molar refractivity (Wildman–Crippen MR) is 72.4 cm³/mol. The van der Waals surface area contributed by atoms with Crippen LogP contribution in [0, 0.1) is 12.7 Å². The van der Waals surface area contributed by atoms with Crippen molar-refractivity contribution in [1.82, 2.24) is 5.32 Å². The summed E-state index contributed by atoms with van der Waals surface area (Å²) in [6, 6.07) is 7.32. The summed E-state index contributed by atoms with van der Waals surface area (Å²) in [5.41, 5.74) is 3.41. The van der Waals surface area contributed by atoms with Crippen LogP contribution in [0.15, 0.2) is 34.9 Å². The molecular formula is C16H18FNO. The van der Waals surface area contributed by atoms with Gasteiger partial charge in [-0.05, 0) is 49.1 Å². The molecule has 3 rings (SSSR count). The Morgan fingerprint density at radius 3 is 3.16 bits per heavy atom. The lowest BCUT2D eigenvalue weighted by Crippen LogP contribution is -2.24. The van der Waals surface area contributed by atoms with Crippen molar-refractivity contribution in [1.29, 1.82) is 0 Å². The Hall–Kier alpha value is -1.61. The summed E-state index contributed by atoms with van der Waals surface area (Å²) >= 11 is 0. The van der Waals surface area contributed by atoms with Gasteiger partial charge in [0.2, 0.25) is 0 Å². The smallest absolute Gasteiger partial charge is 0.123 e. The topological polar surface area (TPSA) is 25.2 Å². The van der Waals surface area contributed by atoms with Crippen molar-refractivity contribution in [3.8, 4) is 0 Å². The molecule has 100 valence electrons. The first-order valence-corrected chi connectivity index (χ1v) is 6.79. The number of aryl methyl sites for hydroxylation is 2. The summed E-state index contributed by atoms with van der Waals surface area (Å²) in [6.07, 6.45) is 5.04. The normalized spacial score (nSPS) is 18.3. The molecule has 0 bridgehead atoms. The van der Waals surface area contributed by atoms with E-state index in [-0.39, 0.29) is 5.82 Å². The van der Waals surface area contributed by atoms with Gasteiger partial charge in [-0.1, -0.05) is 6.07 Å². The molecule has 0 radical (unpaired) electrons. The van der Waals surface area contributed by atoms with E-state index in [0.717, 1.165) is 36.1 Å².